The summed E-state index contributed by atoms with van der Waals surface area (Å²) >= 11 is 6.10. The fourth-order valence-electron chi connectivity index (χ4n) is 2.89. The van der Waals surface area contributed by atoms with Gasteiger partial charge in [0, 0.05) is 26.2 Å². The molecule has 0 saturated carbocycles. The quantitative estimate of drug-likeness (QED) is 0.801. The Bertz CT molecular complexity index is 891. The van der Waals surface area contributed by atoms with E-state index in [9.17, 15) is 14.0 Å². The van der Waals surface area contributed by atoms with Crippen LogP contribution in [-0.2, 0) is 4.79 Å². The van der Waals surface area contributed by atoms with Crippen LogP contribution in [0.4, 0.5) is 4.39 Å². The molecule has 1 aliphatic heterocycles. The number of nitrogens with one attached hydrogen (secondary N) is 1. The molecule has 1 aliphatic rings. The average Bonchev–Trinajstić information content (AvgIpc) is 2.69. The first-order valence-electron chi connectivity index (χ1n) is 8.95. The Morgan fingerprint density at radius 2 is 1.68 bits per heavy atom. The highest BCUT2D eigenvalue weighted by molar-refractivity contribution is 6.34. The van der Waals surface area contributed by atoms with E-state index in [4.69, 9.17) is 11.6 Å². The van der Waals surface area contributed by atoms with Crippen molar-refractivity contribution in [1.82, 2.24) is 15.1 Å². The van der Waals surface area contributed by atoms with Crippen molar-refractivity contribution in [1.29, 1.82) is 0 Å². The van der Waals surface area contributed by atoms with E-state index in [1.54, 1.807) is 47.4 Å². The van der Waals surface area contributed by atoms with Gasteiger partial charge in [0.25, 0.3) is 11.8 Å². The molecule has 0 aromatic heterocycles. The van der Waals surface area contributed by atoms with Gasteiger partial charge in [-0.3, -0.25) is 9.59 Å². The minimum Gasteiger partial charge on any atom is -0.335 e. The third-order valence-corrected chi connectivity index (χ3v) is 4.90. The molecule has 0 aliphatic carbocycles. The zero-order chi connectivity index (χ0) is 20.1. The topological polar surface area (TPSA) is 52.6 Å². The Hall–Kier alpha value is -2.70. The Kier molecular flexibility index (Phi) is 6.44. The molecule has 5 nitrogen and oxygen atoms in total. The van der Waals surface area contributed by atoms with Gasteiger partial charge in [-0.2, -0.15) is 0 Å². The lowest BCUT2D eigenvalue weighted by molar-refractivity contribution is -0.128. The molecule has 1 saturated heterocycles. The standard InChI is InChI=1S/C21H21ClFN3O2/c1-25-10-12-26(13-11-25)21(28)19(14-15-6-8-16(23)9-7-15)24-20(27)17-4-2-3-5-18(17)22/h2-9,14H,10-13H2,1H3,(H,24,27). The lowest BCUT2D eigenvalue weighted by atomic mass is 10.1. The van der Waals surface area contributed by atoms with Crippen LogP contribution in [0.15, 0.2) is 54.2 Å². The molecule has 0 spiro atoms. The van der Waals surface area contributed by atoms with Gasteiger partial charge in [-0.1, -0.05) is 35.9 Å². The van der Waals surface area contributed by atoms with Crippen LogP contribution in [0.25, 0.3) is 6.08 Å². The molecule has 2 aromatic rings. The summed E-state index contributed by atoms with van der Waals surface area (Å²) in [7, 11) is 2.00. The average molecular weight is 402 g/mol. The summed E-state index contributed by atoms with van der Waals surface area (Å²) in [6.07, 6.45) is 1.55. The Morgan fingerprint density at radius 3 is 2.32 bits per heavy atom. The highest BCUT2D eigenvalue weighted by Gasteiger charge is 2.24. The first kappa shape index (κ1) is 20.0. The number of piperazine rings is 1. The van der Waals surface area contributed by atoms with Crippen LogP contribution in [0.2, 0.25) is 5.02 Å². The van der Waals surface area contributed by atoms with Crippen molar-refractivity contribution < 1.29 is 14.0 Å². The van der Waals surface area contributed by atoms with Gasteiger partial charge in [-0.05, 0) is 43.0 Å². The van der Waals surface area contributed by atoms with E-state index in [-0.39, 0.29) is 23.0 Å². The number of hydrogen-bond acceptors (Lipinski definition) is 3. The molecule has 2 amide bonds. The van der Waals surface area contributed by atoms with Crippen LogP contribution in [0.3, 0.4) is 0 Å². The molecule has 146 valence electrons. The van der Waals surface area contributed by atoms with Gasteiger partial charge < -0.3 is 15.1 Å². The minimum absolute atomic E-state index is 0.126. The minimum atomic E-state index is -0.471. The third kappa shape index (κ3) is 4.97. The first-order chi connectivity index (χ1) is 13.4. The molecular weight excluding hydrogens is 381 g/mol. The van der Waals surface area contributed by atoms with Crippen molar-refractivity contribution in [3.05, 3.63) is 76.2 Å². The number of carbonyl (C=O) groups excluding carboxylic acids is 2. The van der Waals surface area contributed by atoms with Crippen molar-refractivity contribution in [2.45, 2.75) is 0 Å². The predicted octanol–water partition coefficient (Wildman–Crippen LogP) is 3.02. The Morgan fingerprint density at radius 1 is 1.04 bits per heavy atom. The lowest BCUT2D eigenvalue weighted by Gasteiger charge is -2.33. The van der Waals surface area contributed by atoms with Gasteiger partial charge in [0.05, 0.1) is 10.6 Å². The first-order valence-corrected chi connectivity index (χ1v) is 9.33. The number of carbonyl (C=O) groups is 2. The van der Waals surface area contributed by atoms with E-state index in [0.29, 0.717) is 23.7 Å². The van der Waals surface area contributed by atoms with Crippen molar-refractivity contribution in [3.8, 4) is 0 Å². The van der Waals surface area contributed by atoms with Gasteiger partial charge in [-0.15, -0.1) is 0 Å². The number of likely N-dealkylation sites (N-methyl/N-ethyl adjacent to an activating group) is 1. The fraction of sp³-hybridized carbons (Fsp3) is 0.238. The van der Waals surface area contributed by atoms with Gasteiger partial charge >= 0.3 is 0 Å². The van der Waals surface area contributed by atoms with Crippen LogP contribution in [0.1, 0.15) is 15.9 Å². The van der Waals surface area contributed by atoms with Gasteiger partial charge in [0.1, 0.15) is 11.5 Å². The number of nitrogens with zero attached hydrogens (tertiary/aromatic N) is 2. The van der Waals surface area contributed by atoms with Crippen molar-refractivity contribution >= 4 is 29.5 Å². The number of rotatable bonds is 4. The zero-order valence-corrected chi connectivity index (χ0v) is 16.2. The highest BCUT2D eigenvalue weighted by Crippen LogP contribution is 2.17. The SMILES string of the molecule is CN1CCN(C(=O)C(=Cc2ccc(F)cc2)NC(=O)c2ccccc2Cl)CC1. The number of hydrogen-bond donors (Lipinski definition) is 1. The Labute approximate surface area is 168 Å². The summed E-state index contributed by atoms with van der Waals surface area (Å²) in [5.41, 5.74) is 1.01. The summed E-state index contributed by atoms with van der Waals surface area (Å²) in [4.78, 5) is 29.6. The predicted molar refractivity (Wildman–Crippen MR) is 107 cm³/mol. The van der Waals surface area contributed by atoms with E-state index in [2.05, 4.69) is 10.2 Å². The van der Waals surface area contributed by atoms with E-state index in [1.165, 1.54) is 12.1 Å². The molecule has 0 atom stereocenters. The molecule has 1 heterocycles. The van der Waals surface area contributed by atoms with Crippen LogP contribution in [0, 0.1) is 5.82 Å². The second-order valence-electron chi connectivity index (χ2n) is 6.64. The van der Waals surface area contributed by atoms with E-state index >= 15 is 0 Å². The van der Waals surface area contributed by atoms with Crippen molar-refractivity contribution in [3.63, 3.8) is 0 Å². The largest absolute Gasteiger partial charge is 0.335 e. The highest BCUT2D eigenvalue weighted by atomic mass is 35.5. The van der Waals surface area contributed by atoms with Crippen LogP contribution in [-0.4, -0.2) is 54.8 Å². The maximum Gasteiger partial charge on any atom is 0.270 e. The summed E-state index contributed by atoms with van der Waals surface area (Å²) < 4.78 is 13.2. The zero-order valence-electron chi connectivity index (χ0n) is 15.5. The molecule has 0 radical (unpaired) electrons. The third-order valence-electron chi connectivity index (χ3n) is 4.57. The molecule has 7 heteroatoms. The normalized spacial score (nSPS) is 15.4. The van der Waals surface area contributed by atoms with E-state index < -0.39 is 5.91 Å². The second-order valence-corrected chi connectivity index (χ2v) is 7.05. The molecule has 3 rings (SSSR count). The number of halogens is 2. The van der Waals surface area contributed by atoms with Gasteiger partial charge in [0.15, 0.2) is 0 Å². The summed E-state index contributed by atoms with van der Waals surface area (Å²) in [5, 5.41) is 2.98. The van der Waals surface area contributed by atoms with E-state index in [1.807, 2.05) is 7.05 Å². The smallest absolute Gasteiger partial charge is 0.270 e. The van der Waals surface area contributed by atoms with Gasteiger partial charge in [0.2, 0.25) is 0 Å². The summed E-state index contributed by atoms with van der Waals surface area (Å²) in [6.45, 7) is 2.65. The Balaban J connectivity index is 1.87. The van der Waals surface area contributed by atoms with E-state index in [0.717, 1.165) is 13.1 Å². The van der Waals surface area contributed by atoms with Crippen LogP contribution in [0.5, 0.6) is 0 Å². The molecule has 1 fully saturated rings. The molecule has 28 heavy (non-hydrogen) atoms. The molecule has 0 unspecified atom stereocenters. The van der Waals surface area contributed by atoms with Gasteiger partial charge in [-0.25, -0.2) is 4.39 Å². The molecule has 1 N–H and O–H groups in total. The fourth-order valence-corrected chi connectivity index (χ4v) is 3.11. The monoisotopic (exact) mass is 401 g/mol. The van der Waals surface area contributed by atoms with Crippen molar-refractivity contribution in [2.24, 2.45) is 0 Å². The number of amides is 2. The van der Waals surface area contributed by atoms with Crippen LogP contribution >= 0.6 is 11.6 Å². The summed E-state index contributed by atoms with van der Waals surface area (Å²) in [5.74, 6) is -1.12. The molecular formula is C21H21ClFN3O2. The van der Waals surface area contributed by atoms with Crippen molar-refractivity contribution in [2.75, 3.05) is 33.2 Å². The molecule has 2 aromatic carbocycles. The summed E-state index contributed by atoms with van der Waals surface area (Å²) in [6, 6.07) is 12.3. The maximum atomic E-state index is 13.2. The van der Waals surface area contributed by atoms with Crippen LogP contribution < -0.4 is 5.32 Å². The lowest BCUT2D eigenvalue weighted by Crippen LogP contribution is -2.49. The molecule has 0 bridgehead atoms. The second kappa shape index (κ2) is 8.99. The number of benzene rings is 2. The maximum absolute atomic E-state index is 13.2.